The number of carbonyl (C=O) groups excluding carboxylic acids is 1. The first kappa shape index (κ1) is 26.9. The number of hydrogen-bond donors (Lipinski definition) is 0. The first-order valence-corrected chi connectivity index (χ1v) is 14.4. The Labute approximate surface area is 223 Å². The third-order valence-electron chi connectivity index (χ3n) is 6.89. The van der Waals surface area contributed by atoms with Gasteiger partial charge < -0.3 is 9.47 Å². The molecule has 1 amide bonds. The largest absolute Gasteiger partial charge is 0.324 e. The van der Waals surface area contributed by atoms with Crippen LogP contribution in [0.2, 0.25) is 5.02 Å². The molecule has 2 aromatic carbocycles. The Morgan fingerprint density at radius 2 is 1.92 bits per heavy atom. The van der Waals surface area contributed by atoms with E-state index < -0.39 is 15.4 Å². The van der Waals surface area contributed by atoms with Gasteiger partial charge in [-0.15, -0.1) is 0 Å². The van der Waals surface area contributed by atoms with E-state index in [1.165, 1.54) is 6.26 Å². The lowest BCUT2D eigenvalue weighted by molar-refractivity contribution is -0.122. The van der Waals surface area contributed by atoms with Gasteiger partial charge in [-0.25, -0.2) is 13.4 Å². The van der Waals surface area contributed by atoms with Crippen LogP contribution in [0.15, 0.2) is 61.1 Å². The van der Waals surface area contributed by atoms with Gasteiger partial charge in [-0.2, -0.15) is 5.26 Å². The Hall–Kier alpha value is -3.19. The van der Waals surface area contributed by atoms with E-state index in [9.17, 15) is 13.2 Å². The summed E-state index contributed by atoms with van der Waals surface area (Å²) < 4.78 is 26.1. The molecular formula is C27H30ClN5O3S. The molecule has 0 N–H and O–H groups in total. The van der Waals surface area contributed by atoms with E-state index in [-0.39, 0.29) is 24.2 Å². The molecule has 0 spiro atoms. The molecule has 0 saturated carbocycles. The van der Waals surface area contributed by atoms with E-state index in [1.807, 2.05) is 23.1 Å². The molecule has 8 nitrogen and oxygen atoms in total. The van der Waals surface area contributed by atoms with E-state index >= 15 is 0 Å². The van der Waals surface area contributed by atoms with E-state index in [1.54, 1.807) is 47.8 Å². The summed E-state index contributed by atoms with van der Waals surface area (Å²) >= 11 is 6.17. The summed E-state index contributed by atoms with van der Waals surface area (Å²) in [6, 6.07) is 16.6. The second-order valence-electron chi connectivity index (χ2n) is 9.96. The quantitative estimate of drug-likeness (QED) is 0.431. The lowest BCUT2D eigenvalue weighted by Gasteiger charge is -2.41. The van der Waals surface area contributed by atoms with Crippen LogP contribution < -0.4 is 4.90 Å². The van der Waals surface area contributed by atoms with Crippen LogP contribution in [0, 0.1) is 11.3 Å². The zero-order chi connectivity index (χ0) is 26.8. The number of sulfone groups is 1. The first-order chi connectivity index (χ1) is 17.5. The van der Waals surface area contributed by atoms with Gasteiger partial charge in [0.1, 0.15) is 9.84 Å². The summed E-state index contributed by atoms with van der Waals surface area (Å²) in [5.74, 6) is -0.0443. The lowest BCUT2D eigenvalue weighted by Crippen LogP contribution is -2.56. The molecular weight excluding hydrogens is 510 g/mol. The van der Waals surface area contributed by atoms with Crippen LogP contribution in [0.3, 0.4) is 0 Å². The molecule has 1 aliphatic rings. The van der Waals surface area contributed by atoms with Crippen LogP contribution in [-0.4, -0.2) is 59.9 Å². The van der Waals surface area contributed by atoms with Crippen LogP contribution in [0.5, 0.6) is 0 Å². The van der Waals surface area contributed by atoms with Gasteiger partial charge >= 0.3 is 0 Å². The standard InChI is InChI=1S/C27H30ClN5O3S/c1-27(2,21-9-7-20(14-29)8-10-21)33-19-30-15-25(33)16-31-18-26(34)32(23-6-4-5-22(28)13-23)17-24(31)11-12-37(3,35)36/h4-10,13,15,19,24H,11-12,16-18H2,1-3H3. The summed E-state index contributed by atoms with van der Waals surface area (Å²) in [4.78, 5) is 21.3. The van der Waals surface area contributed by atoms with E-state index in [0.29, 0.717) is 35.8 Å². The molecule has 0 bridgehead atoms. The van der Waals surface area contributed by atoms with Crippen LogP contribution in [0.25, 0.3) is 0 Å². The number of aromatic nitrogens is 2. The molecule has 1 saturated heterocycles. The number of nitriles is 1. The van der Waals surface area contributed by atoms with Crippen LogP contribution in [0.1, 0.15) is 37.1 Å². The molecule has 3 aromatic rings. The molecule has 1 aliphatic heterocycles. The van der Waals surface area contributed by atoms with Crippen molar-refractivity contribution >= 4 is 33.0 Å². The Balaban J connectivity index is 1.61. The van der Waals surface area contributed by atoms with E-state index in [4.69, 9.17) is 16.9 Å². The number of rotatable bonds is 8. The fourth-order valence-corrected chi connectivity index (χ4v) is 5.65. The molecule has 2 heterocycles. The third kappa shape index (κ3) is 6.21. The fraction of sp³-hybridized carbons (Fsp3) is 0.370. The van der Waals surface area contributed by atoms with Crippen molar-refractivity contribution in [3.8, 4) is 6.07 Å². The Morgan fingerprint density at radius 3 is 2.57 bits per heavy atom. The normalized spacial score (nSPS) is 17.1. The minimum atomic E-state index is -3.18. The van der Waals surface area contributed by atoms with Crippen LogP contribution in [0.4, 0.5) is 5.69 Å². The molecule has 1 unspecified atom stereocenters. The number of halogens is 1. The molecule has 0 aliphatic carbocycles. The van der Waals surface area contributed by atoms with Crippen molar-refractivity contribution in [3.05, 3.63) is 82.9 Å². The van der Waals surface area contributed by atoms with Crippen molar-refractivity contribution in [2.45, 2.75) is 38.4 Å². The van der Waals surface area contributed by atoms with Gasteiger partial charge in [-0.3, -0.25) is 9.69 Å². The maximum atomic E-state index is 13.2. The highest BCUT2D eigenvalue weighted by Gasteiger charge is 2.35. The maximum Gasteiger partial charge on any atom is 0.241 e. The highest BCUT2D eigenvalue weighted by Crippen LogP contribution is 2.30. The minimum Gasteiger partial charge on any atom is -0.324 e. The smallest absolute Gasteiger partial charge is 0.241 e. The van der Waals surface area contributed by atoms with Crippen molar-refractivity contribution in [1.29, 1.82) is 5.26 Å². The van der Waals surface area contributed by atoms with Gasteiger partial charge in [0.25, 0.3) is 0 Å². The number of benzene rings is 2. The molecule has 4 rings (SSSR count). The zero-order valence-electron chi connectivity index (χ0n) is 21.1. The Bertz CT molecular complexity index is 1430. The highest BCUT2D eigenvalue weighted by atomic mass is 35.5. The number of imidazole rings is 1. The molecule has 10 heteroatoms. The van der Waals surface area contributed by atoms with Gasteiger partial charge in [0.15, 0.2) is 0 Å². The highest BCUT2D eigenvalue weighted by molar-refractivity contribution is 7.90. The SMILES string of the molecule is CC(C)(c1ccc(C#N)cc1)n1cncc1CN1CC(=O)N(c2cccc(Cl)c2)CC1CCS(C)(=O)=O. The molecule has 1 atom stereocenters. The van der Waals surface area contributed by atoms with Crippen LogP contribution >= 0.6 is 11.6 Å². The molecule has 194 valence electrons. The van der Waals surface area contributed by atoms with Crippen molar-refractivity contribution in [3.63, 3.8) is 0 Å². The molecule has 1 fully saturated rings. The summed E-state index contributed by atoms with van der Waals surface area (Å²) in [6.45, 7) is 5.08. The predicted molar refractivity (Wildman–Crippen MR) is 144 cm³/mol. The van der Waals surface area contributed by atoms with Gasteiger partial charge in [-0.05, 0) is 56.2 Å². The van der Waals surface area contributed by atoms with Gasteiger partial charge in [0.2, 0.25) is 5.91 Å². The predicted octanol–water partition coefficient (Wildman–Crippen LogP) is 3.84. The van der Waals surface area contributed by atoms with Gasteiger partial charge in [0, 0.05) is 42.3 Å². The second kappa shape index (κ2) is 10.7. The molecule has 0 radical (unpaired) electrons. The number of amides is 1. The Morgan fingerprint density at radius 1 is 1.19 bits per heavy atom. The van der Waals surface area contributed by atoms with E-state index in [0.717, 1.165) is 11.3 Å². The Kier molecular flexibility index (Phi) is 7.74. The first-order valence-electron chi connectivity index (χ1n) is 12.0. The average molecular weight is 540 g/mol. The van der Waals surface area contributed by atoms with E-state index in [2.05, 4.69) is 29.5 Å². The number of nitrogens with zero attached hydrogens (tertiary/aromatic N) is 5. The number of carbonyl (C=O) groups is 1. The zero-order valence-corrected chi connectivity index (χ0v) is 22.7. The molecule has 1 aromatic heterocycles. The van der Waals surface area contributed by atoms with Crippen molar-refractivity contribution in [1.82, 2.24) is 14.5 Å². The van der Waals surface area contributed by atoms with Crippen molar-refractivity contribution < 1.29 is 13.2 Å². The average Bonchev–Trinajstić information content (AvgIpc) is 3.32. The van der Waals surface area contributed by atoms with Gasteiger partial charge in [0.05, 0.1) is 41.5 Å². The summed E-state index contributed by atoms with van der Waals surface area (Å²) in [5, 5.41) is 9.68. The summed E-state index contributed by atoms with van der Waals surface area (Å²) in [7, 11) is -3.18. The lowest BCUT2D eigenvalue weighted by atomic mass is 9.93. The maximum absolute atomic E-state index is 13.2. The summed E-state index contributed by atoms with van der Waals surface area (Å²) in [5.41, 5.74) is 2.75. The third-order valence-corrected chi connectivity index (χ3v) is 8.11. The number of hydrogen-bond acceptors (Lipinski definition) is 6. The minimum absolute atomic E-state index is 0.0295. The number of anilines is 1. The molecule has 37 heavy (non-hydrogen) atoms. The monoisotopic (exact) mass is 539 g/mol. The van der Waals surface area contributed by atoms with Crippen LogP contribution in [-0.2, 0) is 26.7 Å². The topological polar surface area (TPSA) is 99.3 Å². The van der Waals surface area contributed by atoms with Gasteiger partial charge in [-0.1, -0.05) is 29.8 Å². The van der Waals surface area contributed by atoms with Crippen molar-refractivity contribution in [2.75, 3.05) is 30.0 Å². The fourth-order valence-electron chi connectivity index (χ4n) is 4.76. The van der Waals surface area contributed by atoms with Crippen molar-refractivity contribution in [2.24, 2.45) is 0 Å². The number of piperazine rings is 1. The second-order valence-corrected chi connectivity index (χ2v) is 12.7. The summed E-state index contributed by atoms with van der Waals surface area (Å²) in [6.07, 6.45) is 5.18.